The van der Waals surface area contributed by atoms with E-state index in [0.717, 1.165) is 26.0 Å². The first kappa shape index (κ1) is 14.8. The Morgan fingerprint density at radius 1 is 0.900 bits per heavy atom. The second-order valence-electron chi connectivity index (χ2n) is 5.25. The molecule has 2 heteroatoms. The lowest BCUT2D eigenvalue weighted by Gasteiger charge is -2.07. The second kappa shape index (κ2) is 7.83. The highest BCUT2D eigenvalue weighted by molar-refractivity contribution is 5.22. The standard InChI is InChI=1S/C18H23NO/c1-15-8-10-17(11-9-15)7-4-12-20-19-14-18-6-3-5-16(2)13-18/h3,5-6,8-11,13,19H,4,7,12,14H2,1-2H3. The van der Waals surface area contributed by atoms with Gasteiger partial charge in [-0.1, -0.05) is 59.7 Å². The van der Waals surface area contributed by atoms with Gasteiger partial charge < -0.3 is 4.84 Å². The van der Waals surface area contributed by atoms with Gasteiger partial charge in [0.25, 0.3) is 0 Å². The zero-order chi connectivity index (χ0) is 14.2. The molecule has 0 spiro atoms. The first-order chi connectivity index (χ1) is 9.74. The van der Waals surface area contributed by atoms with Crippen molar-refractivity contribution >= 4 is 0 Å². The summed E-state index contributed by atoms with van der Waals surface area (Å²) in [7, 11) is 0. The van der Waals surface area contributed by atoms with Gasteiger partial charge in [0.1, 0.15) is 0 Å². The summed E-state index contributed by atoms with van der Waals surface area (Å²) in [5.74, 6) is 0. The van der Waals surface area contributed by atoms with Crippen molar-refractivity contribution in [3.8, 4) is 0 Å². The molecule has 0 aliphatic carbocycles. The van der Waals surface area contributed by atoms with E-state index in [2.05, 4.69) is 67.9 Å². The normalized spacial score (nSPS) is 10.7. The molecule has 0 radical (unpaired) electrons. The van der Waals surface area contributed by atoms with Crippen LogP contribution in [0.1, 0.15) is 28.7 Å². The molecule has 0 atom stereocenters. The summed E-state index contributed by atoms with van der Waals surface area (Å²) < 4.78 is 0. The number of nitrogens with one attached hydrogen (secondary N) is 1. The maximum Gasteiger partial charge on any atom is 0.0685 e. The molecule has 0 saturated heterocycles. The average molecular weight is 269 g/mol. The van der Waals surface area contributed by atoms with Crippen molar-refractivity contribution in [3.63, 3.8) is 0 Å². The summed E-state index contributed by atoms with van der Waals surface area (Å²) in [6.07, 6.45) is 2.09. The number of rotatable bonds is 7. The minimum Gasteiger partial charge on any atom is -0.301 e. The lowest BCUT2D eigenvalue weighted by Crippen LogP contribution is -2.15. The minimum atomic E-state index is 0.736. The van der Waals surface area contributed by atoms with Crippen LogP contribution in [0, 0.1) is 13.8 Å². The molecule has 2 rings (SSSR count). The van der Waals surface area contributed by atoms with Gasteiger partial charge in [-0.05, 0) is 37.8 Å². The quantitative estimate of drug-likeness (QED) is 0.607. The van der Waals surface area contributed by atoms with Gasteiger partial charge in [-0.15, -0.1) is 0 Å². The van der Waals surface area contributed by atoms with Crippen molar-refractivity contribution in [1.29, 1.82) is 0 Å². The summed E-state index contributed by atoms with van der Waals surface area (Å²) in [5, 5.41) is 0. The number of hydrogen-bond acceptors (Lipinski definition) is 2. The molecule has 0 aliphatic rings. The van der Waals surface area contributed by atoms with Gasteiger partial charge in [0, 0.05) is 6.54 Å². The molecule has 0 aromatic heterocycles. The van der Waals surface area contributed by atoms with Crippen molar-refractivity contribution in [3.05, 3.63) is 70.8 Å². The van der Waals surface area contributed by atoms with Gasteiger partial charge in [-0.3, -0.25) is 0 Å². The number of hydrogen-bond donors (Lipinski definition) is 1. The van der Waals surface area contributed by atoms with E-state index in [4.69, 9.17) is 4.84 Å². The first-order valence-corrected chi connectivity index (χ1v) is 7.20. The van der Waals surface area contributed by atoms with Crippen LogP contribution in [0.15, 0.2) is 48.5 Å². The summed E-state index contributed by atoms with van der Waals surface area (Å²) >= 11 is 0. The zero-order valence-corrected chi connectivity index (χ0v) is 12.4. The third-order valence-electron chi connectivity index (χ3n) is 3.29. The molecule has 0 bridgehead atoms. The number of benzene rings is 2. The van der Waals surface area contributed by atoms with E-state index >= 15 is 0 Å². The van der Waals surface area contributed by atoms with Crippen molar-refractivity contribution in [1.82, 2.24) is 5.48 Å². The fourth-order valence-corrected chi connectivity index (χ4v) is 2.13. The molecular weight excluding hydrogens is 246 g/mol. The van der Waals surface area contributed by atoms with Crippen molar-refractivity contribution in [2.24, 2.45) is 0 Å². The Bertz CT molecular complexity index is 519. The Morgan fingerprint density at radius 3 is 2.45 bits per heavy atom. The highest BCUT2D eigenvalue weighted by Gasteiger charge is 1.95. The summed E-state index contributed by atoms with van der Waals surface area (Å²) in [5.41, 5.74) is 8.24. The van der Waals surface area contributed by atoms with Crippen LogP contribution in [0.5, 0.6) is 0 Å². The summed E-state index contributed by atoms with van der Waals surface area (Å²) in [6, 6.07) is 17.2. The molecule has 0 aliphatic heterocycles. The van der Waals surface area contributed by atoms with Crippen LogP contribution >= 0.6 is 0 Å². The van der Waals surface area contributed by atoms with Crippen LogP contribution in [0.2, 0.25) is 0 Å². The summed E-state index contributed by atoms with van der Waals surface area (Å²) in [4.78, 5) is 5.47. The first-order valence-electron chi connectivity index (χ1n) is 7.20. The fraction of sp³-hybridized carbons (Fsp3) is 0.333. The Kier molecular flexibility index (Phi) is 5.78. The zero-order valence-electron chi connectivity index (χ0n) is 12.4. The molecule has 20 heavy (non-hydrogen) atoms. The topological polar surface area (TPSA) is 21.3 Å². The maximum absolute atomic E-state index is 5.47. The Labute approximate surface area is 121 Å². The van der Waals surface area contributed by atoms with Crippen LogP contribution in [-0.2, 0) is 17.8 Å². The van der Waals surface area contributed by atoms with Gasteiger partial charge in [0.15, 0.2) is 0 Å². The molecule has 0 fully saturated rings. The van der Waals surface area contributed by atoms with Gasteiger partial charge in [0.2, 0.25) is 0 Å². The van der Waals surface area contributed by atoms with Crippen molar-refractivity contribution < 1.29 is 4.84 Å². The molecule has 106 valence electrons. The number of aryl methyl sites for hydroxylation is 3. The summed E-state index contributed by atoms with van der Waals surface area (Å²) in [6.45, 7) is 5.71. The van der Waals surface area contributed by atoms with Crippen LogP contribution < -0.4 is 5.48 Å². The highest BCUT2D eigenvalue weighted by atomic mass is 16.6. The van der Waals surface area contributed by atoms with E-state index in [1.54, 1.807) is 0 Å². The molecule has 2 aromatic rings. The SMILES string of the molecule is Cc1ccc(CCCONCc2cccc(C)c2)cc1. The maximum atomic E-state index is 5.47. The molecule has 2 aromatic carbocycles. The predicted molar refractivity (Wildman–Crippen MR) is 83.5 cm³/mol. The van der Waals surface area contributed by atoms with Gasteiger partial charge in [-0.25, -0.2) is 0 Å². The molecule has 0 amide bonds. The molecular formula is C18H23NO. The number of hydroxylamine groups is 1. The van der Waals surface area contributed by atoms with Crippen LogP contribution in [-0.4, -0.2) is 6.61 Å². The van der Waals surface area contributed by atoms with Crippen LogP contribution in [0.3, 0.4) is 0 Å². The largest absolute Gasteiger partial charge is 0.301 e. The van der Waals surface area contributed by atoms with Crippen LogP contribution in [0.25, 0.3) is 0 Å². The van der Waals surface area contributed by atoms with E-state index in [1.165, 1.54) is 22.3 Å². The lowest BCUT2D eigenvalue weighted by molar-refractivity contribution is 0.0352. The van der Waals surface area contributed by atoms with E-state index in [-0.39, 0.29) is 0 Å². The molecule has 2 nitrogen and oxygen atoms in total. The van der Waals surface area contributed by atoms with E-state index in [1.807, 2.05) is 0 Å². The molecule has 0 saturated carbocycles. The Balaban J connectivity index is 1.59. The molecule has 0 heterocycles. The van der Waals surface area contributed by atoms with E-state index in [9.17, 15) is 0 Å². The lowest BCUT2D eigenvalue weighted by atomic mass is 10.1. The van der Waals surface area contributed by atoms with E-state index in [0.29, 0.717) is 0 Å². The molecule has 1 N–H and O–H groups in total. The molecule has 0 unspecified atom stereocenters. The smallest absolute Gasteiger partial charge is 0.0685 e. The van der Waals surface area contributed by atoms with Crippen molar-refractivity contribution in [2.75, 3.05) is 6.61 Å². The fourth-order valence-electron chi connectivity index (χ4n) is 2.13. The predicted octanol–water partition coefficient (Wildman–Crippen LogP) is 3.96. The van der Waals surface area contributed by atoms with Crippen molar-refractivity contribution in [2.45, 2.75) is 33.2 Å². The second-order valence-corrected chi connectivity index (χ2v) is 5.25. The van der Waals surface area contributed by atoms with Crippen LogP contribution in [0.4, 0.5) is 0 Å². The third kappa shape index (κ3) is 5.16. The van der Waals surface area contributed by atoms with Gasteiger partial charge >= 0.3 is 0 Å². The monoisotopic (exact) mass is 269 g/mol. The Morgan fingerprint density at radius 2 is 1.70 bits per heavy atom. The Hall–Kier alpha value is -1.64. The van der Waals surface area contributed by atoms with E-state index < -0.39 is 0 Å². The minimum absolute atomic E-state index is 0.736. The van der Waals surface area contributed by atoms with Gasteiger partial charge in [0.05, 0.1) is 6.61 Å². The highest BCUT2D eigenvalue weighted by Crippen LogP contribution is 2.06. The third-order valence-corrected chi connectivity index (χ3v) is 3.29. The average Bonchev–Trinajstić information content (AvgIpc) is 2.45. The van der Waals surface area contributed by atoms with Gasteiger partial charge in [-0.2, -0.15) is 5.48 Å².